The molecular formula is C28H36N4O3S3. The smallest absolute Gasteiger partial charge is 0.326 e. The third-order valence-electron chi connectivity index (χ3n) is 6.07. The first-order valence-electron chi connectivity index (χ1n) is 12.8. The van der Waals surface area contributed by atoms with E-state index in [1.807, 2.05) is 49.6 Å². The molecule has 0 aliphatic rings. The van der Waals surface area contributed by atoms with Gasteiger partial charge in [0.15, 0.2) is 4.34 Å². The fourth-order valence-electron chi connectivity index (χ4n) is 4.04. The van der Waals surface area contributed by atoms with Gasteiger partial charge in [-0.05, 0) is 71.9 Å². The van der Waals surface area contributed by atoms with Gasteiger partial charge in [0.05, 0.1) is 0 Å². The SMILES string of the molecule is CCCCN(Cc1ccc(C(=O)N[C@@H](CCSC)C(=O)O)c(-c2ccccc2C)c1)c1nnc(SCC)s1. The van der Waals surface area contributed by atoms with Crippen molar-refractivity contribution >= 4 is 51.9 Å². The molecule has 1 aromatic heterocycles. The molecule has 10 heteroatoms. The van der Waals surface area contributed by atoms with Crippen LogP contribution >= 0.6 is 34.9 Å². The average Bonchev–Trinajstić information content (AvgIpc) is 3.37. The predicted octanol–water partition coefficient (Wildman–Crippen LogP) is 6.37. The number of aromatic nitrogens is 2. The molecule has 3 rings (SSSR count). The lowest BCUT2D eigenvalue weighted by molar-refractivity contribution is -0.139. The number of carboxylic acids is 1. The molecule has 3 aromatic rings. The number of aryl methyl sites for hydroxylation is 1. The Morgan fingerprint density at radius 3 is 2.61 bits per heavy atom. The van der Waals surface area contributed by atoms with E-state index in [0.717, 1.165) is 56.9 Å². The van der Waals surface area contributed by atoms with Gasteiger partial charge in [-0.3, -0.25) is 4.79 Å². The van der Waals surface area contributed by atoms with E-state index in [-0.39, 0.29) is 5.91 Å². The number of benzene rings is 2. The number of thioether (sulfide) groups is 2. The molecule has 0 aliphatic carbocycles. The van der Waals surface area contributed by atoms with Crippen LogP contribution in [0.25, 0.3) is 11.1 Å². The average molecular weight is 573 g/mol. The third-order valence-corrected chi connectivity index (χ3v) is 8.71. The number of nitrogens with one attached hydrogen (secondary N) is 1. The highest BCUT2D eigenvalue weighted by Crippen LogP contribution is 2.32. The zero-order valence-electron chi connectivity index (χ0n) is 22.4. The number of carboxylic acid groups (broad SMARTS) is 1. The lowest BCUT2D eigenvalue weighted by atomic mass is 9.93. The molecule has 1 atom stereocenters. The number of unbranched alkanes of at least 4 members (excludes halogenated alkanes) is 1. The van der Waals surface area contributed by atoms with Crippen LogP contribution in [-0.2, 0) is 11.3 Å². The molecule has 0 aliphatic heterocycles. The molecule has 0 fully saturated rings. The molecule has 0 spiro atoms. The minimum atomic E-state index is -1.02. The Bertz CT molecular complexity index is 1220. The Morgan fingerprint density at radius 1 is 1.13 bits per heavy atom. The number of hydrogen-bond acceptors (Lipinski definition) is 8. The fourth-order valence-corrected chi connectivity index (χ4v) is 6.27. The van der Waals surface area contributed by atoms with Gasteiger partial charge >= 0.3 is 5.97 Å². The topological polar surface area (TPSA) is 95.4 Å². The third kappa shape index (κ3) is 8.22. The second-order valence-corrected chi connectivity index (χ2v) is 12.4. The van der Waals surface area contributed by atoms with Crippen molar-refractivity contribution in [3.8, 4) is 11.1 Å². The predicted molar refractivity (Wildman–Crippen MR) is 161 cm³/mol. The summed E-state index contributed by atoms with van der Waals surface area (Å²) < 4.78 is 0.964. The van der Waals surface area contributed by atoms with Crippen molar-refractivity contribution in [2.45, 2.75) is 57.0 Å². The molecule has 204 valence electrons. The Morgan fingerprint density at radius 2 is 1.92 bits per heavy atom. The number of aliphatic carboxylic acids is 1. The van der Waals surface area contributed by atoms with Crippen molar-refractivity contribution in [3.63, 3.8) is 0 Å². The molecule has 2 N–H and O–H groups in total. The second-order valence-electron chi connectivity index (χ2n) is 8.90. The van der Waals surface area contributed by atoms with Gasteiger partial charge in [0.1, 0.15) is 6.04 Å². The standard InChI is InChI=1S/C28H36N4O3S3/c1-5-7-15-32(27-30-31-28(38-27)37-6-2)18-20-12-13-22(23(17-20)21-11-9-8-10-19(21)3)25(33)29-24(26(34)35)14-16-36-4/h8-13,17,24H,5-7,14-16,18H2,1-4H3,(H,29,33)(H,34,35)/t24-/m0/s1. The van der Waals surface area contributed by atoms with Crippen molar-refractivity contribution in [2.24, 2.45) is 0 Å². The maximum Gasteiger partial charge on any atom is 0.326 e. The summed E-state index contributed by atoms with van der Waals surface area (Å²) in [7, 11) is 0. The van der Waals surface area contributed by atoms with E-state index in [4.69, 9.17) is 0 Å². The van der Waals surface area contributed by atoms with Gasteiger partial charge in [-0.15, -0.1) is 10.2 Å². The summed E-state index contributed by atoms with van der Waals surface area (Å²) in [4.78, 5) is 27.4. The molecule has 0 saturated carbocycles. The van der Waals surface area contributed by atoms with Crippen LogP contribution in [0.4, 0.5) is 5.13 Å². The highest BCUT2D eigenvalue weighted by molar-refractivity contribution is 8.01. The number of carbonyl (C=O) groups excluding carboxylic acids is 1. The molecule has 0 radical (unpaired) electrons. The second kappa shape index (κ2) is 15.1. The molecular weight excluding hydrogens is 537 g/mol. The normalized spacial score (nSPS) is 11.8. The number of nitrogens with zero attached hydrogens (tertiary/aromatic N) is 3. The fraction of sp³-hybridized carbons (Fsp3) is 0.429. The van der Waals surface area contributed by atoms with E-state index in [2.05, 4.69) is 40.3 Å². The quantitative estimate of drug-likeness (QED) is 0.203. The summed E-state index contributed by atoms with van der Waals surface area (Å²) in [5, 5.41) is 22.1. The number of carbonyl (C=O) groups is 2. The molecule has 7 nitrogen and oxygen atoms in total. The van der Waals surface area contributed by atoms with Crippen LogP contribution in [0.5, 0.6) is 0 Å². The van der Waals surface area contributed by atoms with Crippen molar-refractivity contribution in [1.29, 1.82) is 0 Å². The molecule has 38 heavy (non-hydrogen) atoms. The Hall–Kier alpha value is -2.56. The molecule has 0 bridgehead atoms. The van der Waals surface area contributed by atoms with Gasteiger partial charge in [0, 0.05) is 18.7 Å². The van der Waals surface area contributed by atoms with Gasteiger partial charge in [-0.1, -0.05) is 73.7 Å². The Kier molecular flexibility index (Phi) is 11.9. The van der Waals surface area contributed by atoms with Crippen LogP contribution in [0.3, 0.4) is 0 Å². The van der Waals surface area contributed by atoms with Crippen LogP contribution in [0.2, 0.25) is 0 Å². The molecule has 1 heterocycles. The number of amides is 1. The lowest BCUT2D eigenvalue weighted by Gasteiger charge is -2.22. The van der Waals surface area contributed by atoms with Crippen LogP contribution < -0.4 is 10.2 Å². The molecule has 0 saturated heterocycles. The summed E-state index contributed by atoms with van der Waals surface area (Å²) in [6.07, 6.45) is 4.39. The van der Waals surface area contributed by atoms with E-state index < -0.39 is 12.0 Å². The van der Waals surface area contributed by atoms with E-state index >= 15 is 0 Å². The van der Waals surface area contributed by atoms with Gasteiger partial charge in [-0.2, -0.15) is 11.8 Å². The first-order chi connectivity index (χ1) is 18.4. The first kappa shape index (κ1) is 30.0. The van der Waals surface area contributed by atoms with Crippen molar-refractivity contribution in [3.05, 3.63) is 59.2 Å². The summed E-state index contributed by atoms with van der Waals surface area (Å²) in [5.74, 6) is 0.202. The van der Waals surface area contributed by atoms with Gasteiger partial charge in [-0.25, -0.2) is 4.79 Å². The number of hydrogen-bond donors (Lipinski definition) is 2. The van der Waals surface area contributed by atoms with Crippen LogP contribution in [0.1, 0.15) is 54.6 Å². The number of anilines is 1. The van der Waals surface area contributed by atoms with Gasteiger partial charge in [0.2, 0.25) is 5.13 Å². The monoisotopic (exact) mass is 572 g/mol. The van der Waals surface area contributed by atoms with Crippen LogP contribution in [0.15, 0.2) is 46.8 Å². The number of rotatable bonds is 15. The molecule has 0 unspecified atom stereocenters. The summed E-state index contributed by atoms with van der Waals surface area (Å²) in [6, 6.07) is 12.8. The van der Waals surface area contributed by atoms with Gasteiger partial charge in [0.25, 0.3) is 5.91 Å². The van der Waals surface area contributed by atoms with Crippen molar-refractivity contribution in [1.82, 2.24) is 15.5 Å². The maximum atomic E-state index is 13.4. The summed E-state index contributed by atoms with van der Waals surface area (Å²) >= 11 is 4.86. The maximum absolute atomic E-state index is 13.4. The lowest BCUT2D eigenvalue weighted by Crippen LogP contribution is -2.41. The zero-order valence-corrected chi connectivity index (χ0v) is 24.8. The first-order valence-corrected chi connectivity index (χ1v) is 16.0. The van der Waals surface area contributed by atoms with Gasteiger partial charge < -0.3 is 15.3 Å². The highest BCUT2D eigenvalue weighted by atomic mass is 32.2. The molecule has 2 aromatic carbocycles. The zero-order chi connectivity index (χ0) is 27.5. The summed E-state index contributed by atoms with van der Waals surface area (Å²) in [5.41, 5.74) is 4.31. The van der Waals surface area contributed by atoms with E-state index in [1.54, 1.807) is 34.9 Å². The van der Waals surface area contributed by atoms with Crippen molar-refractivity contribution in [2.75, 3.05) is 29.2 Å². The summed E-state index contributed by atoms with van der Waals surface area (Å²) in [6.45, 7) is 7.79. The highest BCUT2D eigenvalue weighted by Gasteiger charge is 2.23. The van der Waals surface area contributed by atoms with E-state index in [1.165, 1.54) is 0 Å². The Labute approximate surface area is 237 Å². The molecule has 1 amide bonds. The largest absolute Gasteiger partial charge is 0.480 e. The van der Waals surface area contributed by atoms with Crippen molar-refractivity contribution < 1.29 is 14.7 Å². The Balaban J connectivity index is 1.97. The minimum absolute atomic E-state index is 0.368. The van der Waals surface area contributed by atoms with Crippen LogP contribution in [-0.4, -0.2) is 57.5 Å². The van der Waals surface area contributed by atoms with E-state index in [0.29, 0.717) is 24.3 Å². The van der Waals surface area contributed by atoms with Crippen LogP contribution in [0, 0.1) is 6.92 Å². The van der Waals surface area contributed by atoms with E-state index in [9.17, 15) is 14.7 Å². The minimum Gasteiger partial charge on any atom is -0.480 e.